The zero-order valence-corrected chi connectivity index (χ0v) is 12.6. The molecule has 1 aliphatic carbocycles. The van der Waals surface area contributed by atoms with Gasteiger partial charge in [0.05, 0.1) is 16.4 Å². The number of aromatic nitrogens is 2. The summed E-state index contributed by atoms with van der Waals surface area (Å²) < 4.78 is 2.11. The molecule has 0 bridgehead atoms. The zero-order chi connectivity index (χ0) is 14.4. The van der Waals surface area contributed by atoms with Gasteiger partial charge in [0.25, 0.3) is 0 Å². The molecule has 1 N–H and O–H groups in total. The van der Waals surface area contributed by atoms with E-state index >= 15 is 0 Å². The summed E-state index contributed by atoms with van der Waals surface area (Å²) in [4.78, 5) is 4.79. The summed E-state index contributed by atoms with van der Waals surface area (Å²) in [5, 5.41) is 4.26. The van der Waals surface area contributed by atoms with E-state index in [2.05, 4.69) is 22.7 Å². The number of rotatable bonds is 3. The fourth-order valence-corrected chi connectivity index (χ4v) is 2.96. The average Bonchev–Trinajstić information content (AvgIpc) is 3.26. The van der Waals surface area contributed by atoms with Crippen LogP contribution in [0.4, 0.5) is 11.5 Å². The van der Waals surface area contributed by atoms with E-state index in [1.807, 2.05) is 36.5 Å². The maximum absolute atomic E-state index is 6.35. The zero-order valence-electron chi connectivity index (χ0n) is 11.8. The average molecular weight is 298 g/mol. The van der Waals surface area contributed by atoms with Gasteiger partial charge in [0.2, 0.25) is 0 Å². The lowest BCUT2D eigenvalue weighted by molar-refractivity contribution is 1.06. The molecule has 4 heteroatoms. The Labute approximate surface area is 128 Å². The molecule has 0 saturated heterocycles. The number of para-hydroxylation sites is 1. The van der Waals surface area contributed by atoms with Gasteiger partial charge in [-0.3, -0.25) is 4.40 Å². The first kappa shape index (κ1) is 12.7. The Morgan fingerprint density at radius 1 is 1.19 bits per heavy atom. The number of fused-ring (bicyclic) bond motifs is 1. The number of benzene rings is 1. The summed E-state index contributed by atoms with van der Waals surface area (Å²) in [5.41, 5.74) is 4.23. The molecule has 1 fully saturated rings. The van der Waals surface area contributed by atoms with Gasteiger partial charge in [-0.25, -0.2) is 4.98 Å². The number of hydrogen-bond acceptors (Lipinski definition) is 2. The van der Waals surface area contributed by atoms with Crippen molar-refractivity contribution in [2.75, 3.05) is 5.32 Å². The van der Waals surface area contributed by atoms with Gasteiger partial charge in [-0.15, -0.1) is 0 Å². The highest BCUT2D eigenvalue weighted by Crippen LogP contribution is 2.44. The number of hydrogen-bond donors (Lipinski definition) is 1. The van der Waals surface area contributed by atoms with Crippen LogP contribution in [-0.4, -0.2) is 9.38 Å². The number of aryl methyl sites for hydroxylation is 1. The molecule has 1 aliphatic rings. The van der Waals surface area contributed by atoms with Gasteiger partial charge >= 0.3 is 0 Å². The maximum atomic E-state index is 6.35. The quantitative estimate of drug-likeness (QED) is 0.743. The van der Waals surface area contributed by atoms with E-state index in [1.165, 1.54) is 12.8 Å². The maximum Gasteiger partial charge on any atom is 0.138 e. The third-order valence-corrected chi connectivity index (χ3v) is 4.30. The Hall–Kier alpha value is -2.00. The second kappa shape index (κ2) is 4.78. The molecule has 3 aromatic rings. The fourth-order valence-electron chi connectivity index (χ4n) is 2.69. The minimum Gasteiger partial charge on any atom is -0.338 e. The van der Waals surface area contributed by atoms with Crippen LogP contribution in [0.2, 0.25) is 5.02 Å². The molecule has 2 aromatic heterocycles. The number of nitrogens with one attached hydrogen (secondary N) is 1. The number of halogens is 1. The highest BCUT2D eigenvalue weighted by Gasteiger charge is 2.30. The number of anilines is 2. The van der Waals surface area contributed by atoms with Crippen molar-refractivity contribution in [3.05, 3.63) is 58.9 Å². The molecule has 1 aromatic carbocycles. The lowest BCUT2D eigenvalue weighted by atomic mass is 10.2. The Morgan fingerprint density at radius 3 is 2.81 bits per heavy atom. The second-order valence-electron chi connectivity index (χ2n) is 5.61. The van der Waals surface area contributed by atoms with Gasteiger partial charge in [0.1, 0.15) is 11.5 Å². The minimum atomic E-state index is 0.579. The van der Waals surface area contributed by atoms with E-state index in [9.17, 15) is 0 Å². The molecule has 1 saturated carbocycles. The lowest BCUT2D eigenvalue weighted by Gasteiger charge is -2.12. The largest absolute Gasteiger partial charge is 0.338 e. The molecule has 0 spiro atoms. The lowest BCUT2D eigenvalue weighted by Crippen LogP contribution is -2.00. The van der Waals surface area contributed by atoms with Gasteiger partial charge < -0.3 is 5.32 Å². The van der Waals surface area contributed by atoms with E-state index in [-0.39, 0.29) is 0 Å². The van der Waals surface area contributed by atoms with Crippen LogP contribution in [0.3, 0.4) is 0 Å². The molecule has 0 amide bonds. The van der Waals surface area contributed by atoms with Crippen LogP contribution in [-0.2, 0) is 0 Å². The summed E-state index contributed by atoms with van der Waals surface area (Å²) >= 11 is 6.35. The summed E-state index contributed by atoms with van der Waals surface area (Å²) in [7, 11) is 0. The Balaban J connectivity index is 1.87. The van der Waals surface area contributed by atoms with Crippen molar-refractivity contribution >= 4 is 28.8 Å². The van der Waals surface area contributed by atoms with E-state index < -0.39 is 0 Å². The normalized spacial score (nSPS) is 14.6. The molecule has 21 heavy (non-hydrogen) atoms. The van der Waals surface area contributed by atoms with E-state index in [0.717, 1.165) is 33.4 Å². The molecule has 3 nitrogen and oxygen atoms in total. The first-order valence-electron chi connectivity index (χ1n) is 7.23. The monoisotopic (exact) mass is 297 g/mol. The third kappa shape index (κ3) is 2.18. The van der Waals surface area contributed by atoms with Crippen molar-refractivity contribution in [2.24, 2.45) is 0 Å². The minimum absolute atomic E-state index is 0.579. The molecular formula is C17H16ClN3. The van der Waals surface area contributed by atoms with Crippen molar-refractivity contribution in [2.45, 2.75) is 25.7 Å². The van der Waals surface area contributed by atoms with E-state index in [1.54, 1.807) is 0 Å². The first-order chi connectivity index (χ1) is 10.2. The van der Waals surface area contributed by atoms with Gasteiger partial charge in [-0.2, -0.15) is 0 Å². The molecule has 0 unspecified atom stereocenters. The van der Waals surface area contributed by atoms with Crippen LogP contribution < -0.4 is 5.32 Å². The molecule has 2 heterocycles. The second-order valence-corrected chi connectivity index (χ2v) is 6.01. The van der Waals surface area contributed by atoms with Gasteiger partial charge in [-0.1, -0.05) is 29.8 Å². The number of nitrogens with zero attached hydrogens (tertiary/aromatic N) is 2. The predicted molar refractivity (Wildman–Crippen MR) is 86.6 cm³/mol. The van der Waals surface area contributed by atoms with Crippen molar-refractivity contribution in [3.8, 4) is 0 Å². The predicted octanol–water partition coefficient (Wildman–Crippen LogP) is 4.92. The Morgan fingerprint density at radius 2 is 2.05 bits per heavy atom. The van der Waals surface area contributed by atoms with E-state index in [4.69, 9.17) is 16.6 Å². The number of pyridine rings is 1. The smallest absolute Gasteiger partial charge is 0.138 e. The van der Waals surface area contributed by atoms with Crippen LogP contribution in [0, 0.1) is 6.92 Å². The molecule has 0 aliphatic heterocycles. The standard InChI is InChI=1S/C17H16ClN3/c1-11-5-4-6-13(18)15(11)20-17-16(12-8-9-12)19-14-7-2-3-10-21(14)17/h2-7,10,12,20H,8-9H2,1H3. The van der Waals surface area contributed by atoms with Crippen molar-refractivity contribution in [3.63, 3.8) is 0 Å². The van der Waals surface area contributed by atoms with Crippen molar-refractivity contribution < 1.29 is 0 Å². The summed E-state index contributed by atoms with van der Waals surface area (Å²) in [6.45, 7) is 2.06. The summed E-state index contributed by atoms with van der Waals surface area (Å²) in [5.74, 6) is 1.62. The summed E-state index contributed by atoms with van der Waals surface area (Å²) in [6, 6.07) is 12.0. The first-order valence-corrected chi connectivity index (χ1v) is 7.61. The van der Waals surface area contributed by atoms with Gasteiger partial charge in [0, 0.05) is 12.1 Å². The fraction of sp³-hybridized carbons (Fsp3) is 0.235. The highest BCUT2D eigenvalue weighted by atomic mass is 35.5. The topological polar surface area (TPSA) is 29.3 Å². The third-order valence-electron chi connectivity index (χ3n) is 3.99. The SMILES string of the molecule is Cc1cccc(Cl)c1Nc1c(C2CC2)nc2ccccn12. The molecule has 106 valence electrons. The number of imidazole rings is 1. The van der Waals surface area contributed by atoms with E-state index in [0.29, 0.717) is 5.92 Å². The van der Waals surface area contributed by atoms with Gasteiger partial charge in [0.15, 0.2) is 0 Å². The molecule has 4 rings (SSSR count). The van der Waals surface area contributed by atoms with Gasteiger partial charge in [-0.05, 0) is 43.5 Å². The van der Waals surface area contributed by atoms with Crippen LogP contribution in [0.1, 0.15) is 30.0 Å². The van der Waals surface area contributed by atoms with Crippen LogP contribution in [0.25, 0.3) is 5.65 Å². The van der Waals surface area contributed by atoms with Crippen LogP contribution in [0.15, 0.2) is 42.6 Å². The van der Waals surface area contributed by atoms with Crippen LogP contribution in [0.5, 0.6) is 0 Å². The molecular weight excluding hydrogens is 282 g/mol. The van der Waals surface area contributed by atoms with Crippen molar-refractivity contribution in [1.29, 1.82) is 0 Å². The molecule has 0 atom stereocenters. The van der Waals surface area contributed by atoms with Crippen LogP contribution >= 0.6 is 11.6 Å². The molecule has 0 radical (unpaired) electrons. The Kier molecular flexibility index (Phi) is 2.89. The highest BCUT2D eigenvalue weighted by molar-refractivity contribution is 6.33. The summed E-state index contributed by atoms with van der Waals surface area (Å²) in [6.07, 6.45) is 4.49. The van der Waals surface area contributed by atoms with Crippen molar-refractivity contribution in [1.82, 2.24) is 9.38 Å². The Bertz CT molecular complexity index is 798.